The number of halogens is 1. The highest BCUT2D eigenvalue weighted by Gasteiger charge is 2.22. The average molecular weight is 426 g/mol. The Morgan fingerprint density at radius 3 is 2.56 bits per heavy atom. The summed E-state index contributed by atoms with van der Waals surface area (Å²) in [6.07, 6.45) is 2.05. The fourth-order valence-electron chi connectivity index (χ4n) is 3.17. The van der Waals surface area contributed by atoms with Gasteiger partial charge < -0.3 is 9.94 Å². The van der Waals surface area contributed by atoms with Gasteiger partial charge in [-0.2, -0.15) is 5.10 Å². The fourth-order valence-corrected chi connectivity index (χ4v) is 3.43. The van der Waals surface area contributed by atoms with E-state index in [4.69, 9.17) is 4.74 Å². The van der Waals surface area contributed by atoms with E-state index in [1.54, 1.807) is 12.3 Å². The summed E-state index contributed by atoms with van der Waals surface area (Å²) in [4.78, 5) is 0. The number of ether oxygens (including phenoxy) is 1. The van der Waals surface area contributed by atoms with E-state index in [1.165, 1.54) is 18.2 Å². The minimum Gasteiger partial charge on any atom is -0.479 e. The Morgan fingerprint density at radius 2 is 1.89 bits per heavy atom. The molecule has 0 unspecified atom stereocenters. The van der Waals surface area contributed by atoms with E-state index in [2.05, 4.69) is 62.5 Å². The minimum atomic E-state index is 0.0167. The highest BCUT2D eigenvalue weighted by molar-refractivity contribution is 9.10. The third-order valence-electron chi connectivity index (χ3n) is 4.55. The quantitative estimate of drug-likeness (QED) is 0.344. The van der Waals surface area contributed by atoms with Crippen molar-refractivity contribution < 1.29 is 9.94 Å². The molecule has 0 bridgehead atoms. The van der Waals surface area contributed by atoms with E-state index in [0.29, 0.717) is 23.6 Å². The molecule has 0 fully saturated rings. The SMILES string of the molecule is COc1nnccc1C(C[C@@H](c1ccc(Br)cc1)c1ccccc1C)=NO. The van der Waals surface area contributed by atoms with Gasteiger partial charge in [0.25, 0.3) is 0 Å². The number of oxime groups is 1. The Balaban J connectivity index is 2.05. The third kappa shape index (κ3) is 4.34. The zero-order valence-electron chi connectivity index (χ0n) is 15.1. The molecule has 1 atom stereocenters. The number of hydrogen-bond acceptors (Lipinski definition) is 5. The number of methoxy groups -OCH3 is 1. The molecule has 3 aromatic rings. The number of aromatic nitrogens is 2. The second kappa shape index (κ2) is 8.77. The molecule has 0 amide bonds. The first-order chi connectivity index (χ1) is 13.1. The molecule has 1 aromatic heterocycles. The maximum atomic E-state index is 9.73. The van der Waals surface area contributed by atoms with Crippen LogP contribution in [0, 0.1) is 6.92 Å². The lowest BCUT2D eigenvalue weighted by atomic mass is 9.83. The Labute approximate surface area is 166 Å². The summed E-state index contributed by atoms with van der Waals surface area (Å²) in [5.41, 5.74) is 4.63. The minimum absolute atomic E-state index is 0.0167. The number of rotatable bonds is 6. The van der Waals surface area contributed by atoms with E-state index in [9.17, 15) is 5.21 Å². The van der Waals surface area contributed by atoms with Crippen LogP contribution in [0.3, 0.4) is 0 Å². The Hall–Kier alpha value is -2.73. The maximum absolute atomic E-state index is 9.73. The molecule has 0 saturated carbocycles. The largest absolute Gasteiger partial charge is 0.479 e. The van der Waals surface area contributed by atoms with Crippen LogP contribution in [0.2, 0.25) is 0 Å². The van der Waals surface area contributed by atoms with Crippen LogP contribution in [0.1, 0.15) is 34.6 Å². The monoisotopic (exact) mass is 425 g/mol. The van der Waals surface area contributed by atoms with Crippen LogP contribution in [0.15, 0.2) is 70.4 Å². The van der Waals surface area contributed by atoms with Crippen molar-refractivity contribution in [2.45, 2.75) is 19.3 Å². The lowest BCUT2D eigenvalue weighted by molar-refractivity contribution is 0.317. The zero-order chi connectivity index (χ0) is 19.2. The normalized spacial score (nSPS) is 12.6. The van der Waals surface area contributed by atoms with Crippen LogP contribution in [-0.4, -0.2) is 28.2 Å². The van der Waals surface area contributed by atoms with Gasteiger partial charge in [0.05, 0.1) is 24.6 Å². The van der Waals surface area contributed by atoms with E-state index in [0.717, 1.165) is 10.0 Å². The molecule has 6 heteroatoms. The molecular weight excluding hydrogens is 406 g/mol. The van der Waals surface area contributed by atoms with Crippen molar-refractivity contribution in [1.29, 1.82) is 0 Å². The first-order valence-electron chi connectivity index (χ1n) is 8.52. The van der Waals surface area contributed by atoms with Gasteiger partial charge in [0.15, 0.2) is 0 Å². The molecule has 0 aliphatic heterocycles. The molecular formula is C21H20BrN3O2. The molecule has 5 nitrogen and oxygen atoms in total. The summed E-state index contributed by atoms with van der Waals surface area (Å²) >= 11 is 3.49. The first kappa shape index (κ1) is 19.0. The van der Waals surface area contributed by atoms with Crippen molar-refractivity contribution in [2.75, 3.05) is 7.11 Å². The van der Waals surface area contributed by atoms with Gasteiger partial charge in [0.1, 0.15) is 0 Å². The van der Waals surface area contributed by atoms with Crippen LogP contribution in [-0.2, 0) is 0 Å². The predicted molar refractivity (Wildman–Crippen MR) is 109 cm³/mol. The summed E-state index contributed by atoms with van der Waals surface area (Å²) in [7, 11) is 1.52. The third-order valence-corrected chi connectivity index (χ3v) is 5.07. The molecule has 1 N–H and O–H groups in total. The van der Waals surface area contributed by atoms with Gasteiger partial charge >= 0.3 is 0 Å². The molecule has 0 spiro atoms. The van der Waals surface area contributed by atoms with Gasteiger partial charge in [-0.1, -0.05) is 57.5 Å². The molecule has 0 aliphatic carbocycles. The van der Waals surface area contributed by atoms with E-state index >= 15 is 0 Å². The van der Waals surface area contributed by atoms with Crippen molar-refractivity contribution in [3.63, 3.8) is 0 Å². The second-order valence-electron chi connectivity index (χ2n) is 6.17. The topological polar surface area (TPSA) is 67.6 Å². The molecule has 0 saturated heterocycles. The first-order valence-corrected chi connectivity index (χ1v) is 9.31. The number of benzene rings is 2. The van der Waals surface area contributed by atoms with Gasteiger partial charge in [-0.15, -0.1) is 5.10 Å². The standard InChI is InChI=1S/C21H20BrN3O2/c1-14-5-3-4-6-17(14)19(15-7-9-16(22)10-8-15)13-20(25-26)18-11-12-23-24-21(18)27-2/h3-12,19,26H,13H2,1-2H3/t19-/m0/s1. The lowest BCUT2D eigenvalue weighted by Gasteiger charge is -2.21. The summed E-state index contributed by atoms with van der Waals surface area (Å²) in [6.45, 7) is 2.09. The molecule has 27 heavy (non-hydrogen) atoms. The van der Waals surface area contributed by atoms with E-state index < -0.39 is 0 Å². The number of nitrogens with zero attached hydrogens (tertiary/aromatic N) is 3. The highest BCUT2D eigenvalue weighted by atomic mass is 79.9. The van der Waals surface area contributed by atoms with Crippen molar-refractivity contribution >= 4 is 21.6 Å². The van der Waals surface area contributed by atoms with Crippen molar-refractivity contribution in [3.05, 3.63) is 87.5 Å². The molecule has 3 rings (SSSR count). The fraction of sp³-hybridized carbons (Fsp3) is 0.190. The molecule has 1 heterocycles. The zero-order valence-corrected chi connectivity index (χ0v) is 16.7. The predicted octanol–water partition coefficient (Wildman–Crippen LogP) is 4.96. The molecule has 2 aromatic carbocycles. The lowest BCUT2D eigenvalue weighted by Crippen LogP contribution is -2.13. The van der Waals surface area contributed by atoms with Crippen LogP contribution >= 0.6 is 15.9 Å². The van der Waals surface area contributed by atoms with Crippen LogP contribution < -0.4 is 4.74 Å². The number of aryl methyl sites for hydroxylation is 1. The van der Waals surface area contributed by atoms with Gasteiger partial charge in [0, 0.05) is 16.8 Å². The molecule has 0 radical (unpaired) electrons. The van der Waals surface area contributed by atoms with E-state index in [-0.39, 0.29) is 5.92 Å². The van der Waals surface area contributed by atoms with Gasteiger partial charge in [-0.25, -0.2) is 0 Å². The van der Waals surface area contributed by atoms with Gasteiger partial charge in [0.2, 0.25) is 5.88 Å². The smallest absolute Gasteiger partial charge is 0.242 e. The average Bonchev–Trinajstić information content (AvgIpc) is 2.71. The second-order valence-corrected chi connectivity index (χ2v) is 7.08. The van der Waals surface area contributed by atoms with Gasteiger partial charge in [-0.05, 0) is 41.8 Å². The van der Waals surface area contributed by atoms with Crippen molar-refractivity contribution in [1.82, 2.24) is 10.2 Å². The van der Waals surface area contributed by atoms with Crippen molar-refractivity contribution in [3.8, 4) is 5.88 Å². The Kier molecular flexibility index (Phi) is 6.19. The summed E-state index contributed by atoms with van der Waals surface area (Å²) in [5, 5.41) is 21.1. The summed E-state index contributed by atoms with van der Waals surface area (Å²) < 4.78 is 6.31. The van der Waals surface area contributed by atoms with Crippen LogP contribution in [0.25, 0.3) is 0 Å². The van der Waals surface area contributed by atoms with Crippen LogP contribution in [0.5, 0.6) is 5.88 Å². The van der Waals surface area contributed by atoms with Gasteiger partial charge in [-0.3, -0.25) is 0 Å². The highest BCUT2D eigenvalue weighted by Crippen LogP contribution is 2.33. The maximum Gasteiger partial charge on any atom is 0.242 e. The van der Waals surface area contributed by atoms with Crippen LogP contribution in [0.4, 0.5) is 0 Å². The molecule has 0 aliphatic rings. The molecule has 138 valence electrons. The summed E-state index contributed by atoms with van der Waals surface area (Å²) in [5.74, 6) is 0.354. The van der Waals surface area contributed by atoms with E-state index in [1.807, 2.05) is 24.3 Å². The Morgan fingerprint density at radius 1 is 1.15 bits per heavy atom. The van der Waals surface area contributed by atoms with Crippen molar-refractivity contribution in [2.24, 2.45) is 5.16 Å². The number of hydrogen-bond donors (Lipinski definition) is 1. The Bertz CT molecular complexity index is 942. The summed E-state index contributed by atoms with van der Waals surface area (Å²) in [6, 6.07) is 18.2.